The number of amides is 1. The second-order valence-electron chi connectivity index (χ2n) is 4.00. The Balaban J connectivity index is 2.24. The summed E-state index contributed by atoms with van der Waals surface area (Å²) in [5.74, 6) is 0.174. The van der Waals surface area contributed by atoms with E-state index in [4.69, 9.17) is 0 Å². The average Bonchev–Trinajstić information content (AvgIpc) is 2.57. The van der Waals surface area contributed by atoms with E-state index in [2.05, 4.69) is 37.4 Å². The van der Waals surface area contributed by atoms with E-state index in [1.807, 2.05) is 0 Å². The monoisotopic (exact) mass is 189 g/mol. The molecule has 1 atom stereocenters. The molecule has 74 valence electrons. The van der Waals surface area contributed by atoms with Crippen LogP contribution in [0, 0.1) is 13.8 Å². The average molecular weight is 189 g/mol. The van der Waals surface area contributed by atoms with Gasteiger partial charge in [0.25, 0.3) is 0 Å². The summed E-state index contributed by atoms with van der Waals surface area (Å²) < 4.78 is 0. The fourth-order valence-corrected chi connectivity index (χ4v) is 1.85. The standard InChI is InChI=1S/C12H15NO/c1-8-3-4-10(7-9(8)2)11-5-6-12(14)13-11/h3-4,7,11H,5-6H2,1-2H3,(H,13,14). The molecule has 1 saturated heterocycles. The predicted molar refractivity (Wildman–Crippen MR) is 56.0 cm³/mol. The topological polar surface area (TPSA) is 29.1 Å². The van der Waals surface area contributed by atoms with Gasteiger partial charge in [-0.1, -0.05) is 18.2 Å². The second kappa shape index (κ2) is 3.45. The summed E-state index contributed by atoms with van der Waals surface area (Å²) in [5, 5.41) is 2.98. The van der Waals surface area contributed by atoms with Crippen LogP contribution >= 0.6 is 0 Å². The Morgan fingerprint density at radius 3 is 2.64 bits per heavy atom. The maximum absolute atomic E-state index is 11.1. The van der Waals surface area contributed by atoms with Gasteiger partial charge in [-0.15, -0.1) is 0 Å². The van der Waals surface area contributed by atoms with Gasteiger partial charge in [0.1, 0.15) is 0 Å². The minimum atomic E-state index is 0.174. The van der Waals surface area contributed by atoms with Crippen LogP contribution in [0.3, 0.4) is 0 Å². The third kappa shape index (κ3) is 1.65. The summed E-state index contributed by atoms with van der Waals surface area (Å²) >= 11 is 0. The van der Waals surface area contributed by atoms with Crippen LogP contribution in [-0.4, -0.2) is 5.91 Å². The van der Waals surface area contributed by atoms with E-state index in [0.29, 0.717) is 6.42 Å². The number of benzene rings is 1. The zero-order valence-corrected chi connectivity index (χ0v) is 8.63. The van der Waals surface area contributed by atoms with Crippen molar-refractivity contribution in [3.63, 3.8) is 0 Å². The predicted octanol–water partition coefficient (Wildman–Crippen LogP) is 2.25. The molecule has 1 aromatic carbocycles. The summed E-state index contributed by atoms with van der Waals surface area (Å²) in [5.41, 5.74) is 3.83. The van der Waals surface area contributed by atoms with Crippen LogP contribution in [0.4, 0.5) is 0 Å². The zero-order chi connectivity index (χ0) is 10.1. The molecule has 2 nitrogen and oxygen atoms in total. The number of carbonyl (C=O) groups excluding carboxylic acids is 1. The molecule has 1 unspecified atom stereocenters. The van der Waals surface area contributed by atoms with Gasteiger partial charge in [0.05, 0.1) is 6.04 Å². The van der Waals surface area contributed by atoms with Crippen LogP contribution in [0.25, 0.3) is 0 Å². The molecule has 0 bridgehead atoms. The molecule has 1 heterocycles. The van der Waals surface area contributed by atoms with Gasteiger partial charge in [-0.3, -0.25) is 4.79 Å². The second-order valence-corrected chi connectivity index (χ2v) is 4.00. The van der Waals surface area contributed by atoms with Crippen molar-refractivity contribution in [1.29, 1.82) is 0 Å². The minimum absolute atomic E-state index is 0.174. The Labute approximate surface area is 84.3 Å². The molecule has 1 aromatic rings. The Kier molecular flexibility index (Phi) is 2.28. The van der Waals surface area contributed by atoms with Crippen molar-refractivity contribution in [3.05, 3.63) is 34.9 Å². The van der Waals surface area contributed by atoms with Gasteiger partial charge in [0.2, 0.25) is 5.91 Å². The molecular weight excluding hydrogens is 174 g/mol. The fourth-order valence-electron chi connectivity index (χ4n) is 1.85. The normalized spacial score (nSPS) is 21.0. The van der Waals surface area contributed by atoms with Gasteiger partial charge in [-0.2, -0.15) is 0 Å². The van der Waals surface area contributed by atoms with Crippen molar-refractivity contribution in [2.75, 3.05) is 0 Å². The number of nitrogens with one attached hydrogen (secondary N) is 1. The van der Waals surface area contributed by atoms with E-state index in [0.717, 1.165) is 6.42 Å². The molecular formula is C12H15NO. The molecule has 14 heavy (non-hydrogen) atoms. The molecule has 1 aliphatic rings. The molecule has 0 spiro atoms. The van der Waals surface area contributed by atoms with E-state index in [1.165, 1.54) is 16.7 Å². The largest absolute Gasteiger partial charge is 0.349 e. The highest BCUT2D eigenvalue weighted by Crippen LogP contribution is 2.25. The molecule has 1 N–H and O–H groups in total. The van der Waals surface area contributed by atoms with E-state index in [1.54, 1.807) is 0 Å². The van der Waals surface area contributed by atoms with Gasteiger partial charge in [-0.05, 0) is 37.0 Å². The first-order valence-corrected chi connectivity index (χ1v) is 5.03. The Morgan fingerprint density at radius 2 is 2.07 bits per heavy atom. The molecule has 0 aliphatic carbocycles. The lowest BCUT2D eigenvalue weighted by Crippen LogP contribution is -2.18. The highest BCUT2D eigenvalue weighted by atomic mass is 16.1. The smallest absolute Gasteiger partial charge is 0.220 e. The van der Waals surface area contributed by atoms with Gasteiger partial charge in [-0.25, -0.2) is 0 Å². The Hall–Kier alpha value is -1.31. The highest BCUT2D eigenvalue weighted by molar-refractivity contribution is 5.78. The maximum Gasteiger partial charge on any atom is 0.220 e. The number of rotatable bonds is 1. The summed E-state index contributed by atoms with van der Waals surface area (Å²) in [6, 6.07) is 6.64. The lowest BCUT2D eigenvalue weighted by molar-refractivity contribution is -0.119. The van der Waals surface area contributed by atoms with Crippen molar-refractivity contribution >= 4 is 5.91 Å². The van der Waals surface area contributed by atoms with Crippen molar-refractivity contribution in [2.45, 2.75) is 32.7 Å². The summed E-state index contributed by atoms with van der Waals surface area (Å²) in [4.78, 5) is 11.1. The van der Waals surface area contributed by atoms with Crippen molar-refractivity contribution < 1.29 is 4.79 Å². The van der Waals surface area contributed by atoms with E-state index in [9.17, 15) is 4.79 Å². The lowest BCUT2D eigenvalue weighted by atomic mass is 10.0. The highest BCUT2D eigenvalue weighted by Gasteiger charge is 2.22. The van der Waals surface area contributed by atoms with Crippen LogP contribution in [0.5, 0.6) is 0 Å². The van der Waals surface area contributed by atoms with Crippen LogP contribution in [0.1, 0.15) is 35.6 Å². The van der Waals surface area contributed by atoms with Gasteiger partial charge in [0.15, 0.2) is 0 Å². The Morgan fingerprint density at radius 1 is 1.29 bits per heavy atom. The van der Waals surface area contributed by atoms with Gasteiger partial charge in [0, 0.05) is 6.42 Å². The van der Waals surface area contributed by atoms with Crippen molar-refractivity contribution in [2.24, 2.45) is 0 Å². The van der Waals surface area contributed by atoms with Crippen LogP contribution < -0.4 is 5.32 Å². The van der Waals surface area contributed by atoms with E-state index < -0.39 is 0 Å². The molecule has 0 saturated carbocycles. The van der Waals surface area contributed by atoms with Crippen LogP contribution in [0.2, 0.25) is 0 Å². The summed E-state index contributed by atoms with van der Waals surface area (Å²) in [6.45, 7) is 4.21. The lowest BCUT2D eigenvalue weighted by Gasteiger charge is -2.11. The first kappa shape index (κ1) is 9.25. The Bertz CT molecular complexity index is 371. The number of aryl methyl sites for hydroxylation is 2. The molecule has 2 heteroatoms. The van der Waals surface area contributed by atoms with Crippen molar-refractivity contribution in [1.82, 2.24) is 5.32 Å². The first-order chi connectivity index (χ1) is 6.66. The fraction of sp³-hybridized carbons (Fsp3) is 0.417. The van der Waals surface area contributed by atoms with Crippen molar-refractivity contribution in [3.8, 4) is 0 Å². The number of carbonyl (C=O) groups is 1. The summed E-state index contributed by atoms with van der Waals surface area (Å²) in [6.07, 6.45) is 1.60. The maximum atomic E-state index is 11.1. The zero-order valence-electron chi connectivity index (χ0n) is 8.63. The third-order valence-corrected chi connectivity index (χ3v) is 2.93. The summed E-state index contributed by atoms with van der Waals surface area (Å²) in [7, 11) is 0. The molecule has 1 aliphatic heterocycles. The molecule has 1 fully saturated rings. The van der Waals surface area contributed by atoms with E-state index >= 15 is 0 Å². The number of hydrogen-bond donors (Lipinski definition) is 1. The van der Waals surface area contributed by atoms with Crippen LogP contribution in [-0.2, 0) is 4.79 Å². The third-order valence-electron chi connectivity index (χ3n) is 2.93. The first-order valence-electron chi connectivity index (χ1n) is 5.03. The van der Waals surface area contributed by atoms with Gasteiger partial charge < -0.3 is 5.32 Å². The SMILES string of the molecule is Cc1ccc(C2CCC(=O)N2)cc1C. The molecule has 0 radical (unpaired) electrons. The van der Waals surface area contributed by atoms with Crippen LogP contribution in [0.15, 0.2) is 18.2 Å². The van der Waals surface area contributed by atoms with E-state index in [-0.39, 0.29) is 11.9 Å². The molecule has 0 aromatic heterocycles. The quantitative estimate of drug-likeness (QED) is 0.721. The molecule has 1 amide bonds. The minimum Gasteiger partial charge on any atom is -0.349 e. The van der Waals surface area contributed by atoms with Gasteiger partial charge >= 0.3 is 0 Å². The molecule has 2 rings (SSSR count). The number of hydrogen-bond acceptors (Lipinski definition) is 1.